The van der Waals surface area contributed by atoms with Gasteiger partial charge in [0, 0.05) is 65.3 Å². The second-order valence-corrected chi connectivity index (χ2v) is 60.6. The molecule has 0 spiro atoms. The maximum atomic E-state index is 8.53. The minimum Gasteiger partial charge on any atom is -0.497 e. The zero-order valence-corrected chi connectivity index (χ0v) is 72.0. The molecule has 0 unspecified atom stereocenters. The quantitative estimate of drug-likeness (QED) is 0.0678. The van der Waals surface area contributed by atoms with E-state index in [4.69, 9.17) is 51.9 Å². The zero-order valence-electron chi connectivity index (χ0n) is 64.0. The zero-order chi connectivity index (χ0) is 76.3. The summed E-state index contributed by atoms with van der Waals surface area (Å²) in [6, 6.07) is 80.9. The molecule has 12 nitrogen and oxygen atoms in total. The van der Waals surface area contributed by atoms with Crippen LogP contribution in [-0.4, -0.2) is 96.9 Å². The Hall–Kier alpha value is -9.46. The largest absolute Gasteiger partial charge is 0.512 e. The van der Waals surface area contributed by atoms with E-state index < -0.39 is 68.5 Å². The number of ether oxygens (including phenoxy) is 4. The molecule has 20 heteroatoms. The molecule has 12 aromatic rings. The minimum atomic E-state index is -4.73. The van der Waals surface area contributed by atoms with Gasteiger partial charge < -0.3 is 51.9 Å². The highest BCUT2D eigenvalue weighted by Gasteiger charge is 2.73. The fourth-order valence-corrected chi connectivity index (χ4v) is 45.9. The van der Waals surface area contributed by atoms with Crippen molar-refractivity contribution >= 4 is 132 Å². The predicted octanol–water partition coefficient (Wildman–Crippen LogP) is 17.1. The van der Waals surface area contributed by atoms with Gasteiger partial charge in [-0.3, -0.25) is 0 Å². The first-order valence-corrected chi connectivity index (χ1v) is 56.5. The number of rotatable bonds is 16. The van der Waals surface area contributed by atoms with Crippen LogP contribution in [0.1, 0.15) is 44.5 Å². The Morgan fingerprint density at radius 1 is 0.231 bits per heavy atom. The molecule has 1 aliphatic heterocycles. The van der Waals surface area contributed by atoms with Crippen LogP contribution in [0.25, 0.3) is 43.1 Å². The average Bonchev–Trinajstić information content (AvgIpc) is 0.706. The molecule has 1 fully saturated rings. The lowest BCUT2D eigenvalue weighted by molar-refractivity contribution is 0.104. The van der Waals surface area contributed by atoms with Crippen LogP contribution in [0.5, 0.6) is 23.0 Å². The summed E-state index contributed by atoms with van der Waals surface area (Å²) in [6.07, 6.45) is 0. The molecule has 13 rings (SSSR count). The van der Waals surface area contributed by atoms with Crippen molar-refractivity contribution in [3.8, 4) is 70.4 Å². The van der Waals surface area contributed by atoms with Crippen molar-refractivity contribution in [2.75, 3.05) is 28.4 Å². The molecule has 1 aliphatic rings. The molecular formula is C88H88O12Si8. The molecule has 0 saturated carbocycles. The summed E-state index contributed by atoms with van der Waals surface area (Å²) in [5.74, 6) is 31.1. The maximum Gasteiger partial charge on any atom is 0.512 e. The Labute approximate surface area is 644 Å². The molecule has 108 heavy (non-hydrogen) atoms. The third-order valence-electron chi connectivity index (χ3n) is 17.5. The number of fused-ring (bicyclic) bond motifs is 4. The fourth-order valence-electron chi connectivity index (χ4n) is 12.9. The Kier molecular flexibility index (Phi) is 22.2. The van der Waals surface area contributed by atoms with E-state index in [0.717, 1.165) is 111 Å². The van der Waals surface area contributed by atoms with Crippen molar-refractivity contribution < 1.29 is 51.9 Å². The van der Waals surface area contributed by atoms with E-state index >= 15 is 0 Å². The normalized spacial score (nSPS) is 18.2. The molecule has 0 N–H and O–H groups in total. The molecule has 12 aromatic carbocycles. The van der Waals surface area contributed by atoms with Crippen LogP contribution < -0.4 is 39.7 Å². The Balaban J connectivity index is 1.05. The van der Waals surface area contributed by atoms with Crippen LogP contribution >= 0.6 is 0 Å². The molecule has 1 saturated heterocycles. The van der Waals surface area contributed by atoms with E-state index in [2.05, 4.69) is 174 Å². The van der Waals surface area contributed by atoms with Crippen LogP contribution in [0, 0.1) is 47.4 Å². The van der Waals surface area contributed by atoms with E-state index in [9.17, 15) is 0 Å². The average molecular weight is 1560 g/mol. The van der Waals surface area contributed by atoms with Crippen LogP contribution in [0.3, 0.4) is 0 Å². The summed E-state index contributed by atoms with van der Waals surface area (Å²) >= 11 is 0. The first-order chi connectivity index (χ1) is 51.5. The minimum absolute atomic E-state index is 0.631. The molecule has 0 aliphatic carbocycles. The van der Waals surface area contributed by atoms with E-state index in [1.165, 1.54) is 0 Å². The summed E-state index contributed by atoms with van der Waals surface area (Å²) < 4.78 is 88.5. The van der Waals surface area contributed by atoms with Gasteiger partial charge in [0.05, 0.1) is 28.4 Å². The van der Waals surface area contributed by atoms with Gasteiger partial charge in [0.2, 0.25) is 0 Å². The van der Waals surface area contributed by atoms with E-state index in [-0.39, 0.29) is 0 Å². The molecule has 0 bridgehead atoms. The summed E-state index contributed by atoms with van der Waals surface area (Å²) in [6.45, 7) is 25.8. The number of hydrogen-bond donors (Lipinski definition) is 0. The monoisotopic (exact) mass is 1560 g/mol. The lowest BCUT2D eigenvalue weighted by Gasteiger charge is -2.53. The van der Waals surface area contributed by atoms with Crippen LogP contribution in [0.15, 0.2) is 243 Å². The molecule has 0 amide bonds. The highest BCUT2D eigenvalue weighted by atomic mass is 28.6. The number of hydrogen-bond acceptors (Lipinski definition) is 12. The second-order valence-electron chi connectivity index (χ2n) is 30.4. The van der Waals surface area contributed by atoms with Gasteiger partial charge in [-0.05, 0) is 267 Å². The third-order valence-corrected chi connectivity index (χ3v) is 44.4. The summed E-state index contributed by atoms with van der Waals surface area (Å²) in [5, 5.41) is 10.7. The van der Waals surface area contributed by atoms with Crippen molar-refractivity contribution in [3.63, 3.8) is 0 Å². The van der Waals surface area contributed by atoms with Gasteiger partial charge in [0.25, 0.3) is 0 Å². The van der Waals surface area contributed by atoms with Gasteiger partial charge in [-0.25, -0.2) is 0 Å². The van der Waals surface area contributed by atoms with E-state index in [1.807, 2.05) is 194 Å². The smallest absolute Gasteiger partial charge is 0.497 e. The molecule has 0 radical (unpaired) electrons. The van der Waals surface area contributed by atoms with Crippen molar-refractivity contribution in [2.45, 2.75) is 78.6 Å². The van der Waals surface area contributed by atoms with Crippen molar-refractivity contribution in [2.24, 2.45) is 0 Å². The molecule has 0 aromatic heterocycles. The summed E-state index contributed by atoms with van der Waals surface area (Å²) in [4.78, 5) is 0. The first kappa shape index (κ1) is 76.7. The Morgan fingerprint density at radius 2 is 0.426 bits per heavy atom. The Bertz CT molecular complexity index is 4920. The van der Waals surface area contributed by atoms with Gasteiger partial charge >= 0.3 is 35.2 Å². The predicted molar refractivity (Wildman–Crippen MR) is 455 cm³/mol. The third kappa shape index (κ3) is 17.8. The van der Waals surface area contributed by atoms with Crippen molar-refractivity contribution in [3.05, 3.63) is 287 Å². The highest BCUT2D eigenvalue weighted by molar-refractivity contribution is 7.06. The number of benzene rings is 12. The topological polar surface area (TPSA) is 111 Å². The van der Waals surface area contributed by atoms with Gasteiger partial charge in [-0.15, -0.1) is 0 Å². The van der Waals surface area contributed by atoms with Gasteiger partial charge in [0.1, 0.15) is 23.0 Å². The number of methoxy groups -OCH3 is 4. The van der Waals surface area contributed by atoms with E-state index in [1.54, 1.807) is 28.4 Å². The molecule has 544 valence electrons. The second kappa shape index (κ2) is 31.3. The summed E-state index contributed by atoms with van der Waals surface area (Å²) in [5.41, 5.74) is 6.53. The van der Waals surface area contributed by atoms with Crippen LogP contribution in [-0.2, 0) is 32.9 Å². The van der Waals surface area contributed by atoms with Gasteiger partial charge in [-0.2, -0.15) is 0 Å². The molecule has 0 atom stereocenters. The summed E-state index contributed by atoms with van der Waals surface area (Å²) in [7, 11) is -23.8. The van der Waals surface area contributed by atoms with Gasteiger partial charge in [0.15, 0.2) is 33.3 Å². The highest BCUT2D eigenvalue weighted by Crippen LogP contribution is 2.40. The van der Waals surface area contributed by atoms with Crippen LogP contribution in [0.4, 0.5) is 0 Å². The lowest BCUT2D eigenvalue weighted by atomic mass is 10.0. The Morgan fingerprint density at radius 3 is 0.602 bits per heavy atom. The van der Waals surface area contributed by atoms with Crippen LogP contribution in [0.2, 0.25) is 78.6 Å². The standard InChI is InChI=1S/C88H88O12Si8/c1-89-77-45-57-85-69(21-17-25-73(85)61-77)41-29-65-33-49-81(50-34-65)105(93-101(5,6)7)97-106(94-102(8,9)10,82-51-35-66(36-52-82)30-42-70-22-18-26-74-62-78(90-2)46-58-86(70)74)99-108(96-104(14,15)16,84-55-39-68(40-56-84)32-44-72-24-20-28-76-64-80(92-4)48-60-88(72)76)100-107(98-105,95-103(11,12)13)83-53-37-67(38-54-83)31-43-71-23-19-27-75-63-79(91-3)47-59-87(71)75/h17-28,33-40,45-64H,1-16H3. The van der Waals surface area contributed by atoms with Gasteiger partial charge in [-0.1, -0.05) is 144 Å². The maximum absolute atomic E-state index is 8.53. The lowest BCUT2D eigenvalue weighted by Crippen LogP contribution is -2.84. The fraction of sp³-hybridized carbons (Fsp3) is 0.182. The molecule has 1 heterocycles. The van der Waals surface area contributed by atoms with E-state index in [0.29, 0.717) is 20.7 Å². The molecular weight excluding hydrogens is 1470 g/mol. The SMILES string of the molecule is COc1ccc2c(C#Cc3ccc([Si]4(O[Si](C)(C)C)O[Si](O[Si](C)(C)C)(c5ccc(C#Cc6cccc7cc(OC)ccc67)cc5)O[Si](O[Si](C)(C)C)(c5ccc(C#Cc6cccc7cc(OC)ccc67)cc5)O[Si](O[Si](C)(C)C)(c5ccc(C#Cc6cccc7cc(OC)ccc67)cc5)O4)cc3)cccc2c1. The first-order valence-electron chi connectivity index (χ1n) is 35.9. The van der Waals surface area contributed by atoms with Crippen molar-refractivity contribution in [1.82, 2.24) is 0 Å². The van der Waals surface area contributed by atoms with Crippen molar-refractivity contribution in [1.29, 1.82) is 0 Å².